The molecule has 2 aromatic carbocycles. The Morgan fingerprint density at radius 1 is 0.680 bits per heavy atom. The molecule has 0 bridgehead atoms. The highest BCUT2D eigenvalue weighted by Gasteiger charge is 2.19. The van der Waals surface area contributed by atoms with Crippen molar-refractivity contribution in [3.8, 4) is 11.5 Å². The zero-order valence-electron chi connectivity index (χ0n) is 28.2. The van der Waals surface area contributed by atoms with Gasteiger partial charge in [0, 0.05) is 63.5 Å². The monoisotopic (exact) mass is 690 g/mol. The van der Waals surface area contributed by atoms with Crippen LogP contribution >= 0.6 is 0 Å². The fourth-order valence-electron chi connectivity index (χ4n) is 6.32. The molecule has 6 rings (SSSR count). The van der Waals surface area contributed by atoms with Gasteiger partial charge < -0.3 is 51.0 Å². The van der Waals surface area contributed by atoms with Crippen LogP contribution in [-0.4, -0.2) is 120 Å². The molecule has 16 heteroatoms. The van der Waals surface area contributed by atoms with Gasteiger partial charge in [-0.1, -0.05) is 12.2 Å². The number of nitrogens with two attached hydrogens (primary N) is 4. The summed E-state index contributed by atoms with van der Waals surface area (Å²) in [4.78, 5) is 37.9. The SMILES string of the molecule is NC(=O)c1cc(OCCCN2CCOCC2)c2c(c1)nc(N)n2C/C=C/Cn1c(N)nc2cc(C(N)=O)cc(OCCCN3CCOCC3)c21. The summed E-state index contributed by atoms with van der Waals surface area (Å²) >= 11 is 0. The van der Waals surface area contributed by atoms with Gasteiger partial charge in [-0.2, -0.15) is 0 Å². The second-order valence-electron chi connectivity index (χ2n) is 12.4. The minimum absolute atomic E-state index is 0.267. The number of morpholine rings is 2. The van der Waals surface area contributed by atoms with E-state index in [9.17, 15) is 9.59 Å². The average Bonchev–Trinajstić information content (AvgIpc) is 3.61. The summed E-state index contributed by atoms with van der Waals surface area (Å²) in [5.41, 5.74) is 26.9. The molecular weight excluding hydrogens is 644 g/mol. The molecule has 4 heterocycles. The van der Waals surface area contributed by atoms with Gasteiger partial charge in [0.2, 0.25) is 23.7 Å². The zero-order valence-corrected chi connectivity index (χ0v) is 28.2. The van der Waals surface area contributed by atoms with Gasteiger partial charge in [-0.25, -0.2) is 9.97 Å². The van der Waals surface area contributed by atoms with Crippen LogP contribution in [0.2, 0.25) is 0 Å². The number of carbonyl (C=O) groups excluding carboxylic acids is 2. The fraction of sp³-hybridized carbons (Fsp3) is 0.471. The second kappa shape index (κ2) is 16.2. The topological polar surface area (TPSA) is 217 Å². The Balaban J connectivity index is 1.17. The van der Waals surface area contributed by atoms with Crippen LogP contribution in [0.1, 0.15) is 33.6 Å². The molecule has 0 aliphatic carbocycles. The minimum atomic E-state index is -0.577. The molecule has 8 N–H and O–H groups in total. The fourth-order valence-corrected chi connectivity index (χ4v) is 6.32. The molecule has 2 saturated heterocycles. The van der Waals surface area contributed by atoms with Crippen molar-refractivity contribution in [3.63, 3.8) is 0 Å². The first-order valence-electron chi connectivity index (χ1n) is 17.0. The van der Waals surface area contributed by atoms with Crippen LogP contribution in [-0.2, 0) is 22.6 Å². The molecule has 4 aromatic rings. The molecule has 50 heavy (non-hydrogen) atoms. The lowest BCUT2D eigenvalue weighted by Gasteiger charge is -2.26. The van der Waals surface area contributed by atoms with Crippen molar-refractivity contribution in [1.82, 2.24) is 28.9 Å². The quantitative estimate of drug-likeness (QED) is 0.0964. The van der Waals surface area contributed by atoms with E-state index in [-0.39, 0.29) is 11.9 Å². The van der Waals surface area contributed by atoms with Gasteiger partial charge in [0.15, 0.2) is 0 Å². The van der Waals surface area contributed by atoms with E-state index < -0.39 is 11.8 Å². The lowest BCUT2D eigenvalue weighted by atomic mass is 10.1. The summed E-state index contributed by atoms with van der Waals surface area (Å²) in [5.74, 6) is 0.355. The van der Waals surface area contributed by atoms with Crippen molar-refractivity contribution in [1.29, 1.82) is 0 Å². The van der Waals surface area contributed by atoms with E-state index >= 15 is 0 Å². The van der Waals surface area contributed by atoms with Crippen molar-refractivity contribution in [2.24, 2.45) is 11.5 Å². The molecule has 268 valence electrons. The smallest absolute Gasteiger partial charge is 0.248 e. The molecule has 0 atom stereocenters. The molecule has 16 nitrogen and oxygen atoms in total. The third-order valence-corrected chi connectivity index (χ3v) is 8.94. The molecule has 0 unspecified atom stereocenters. The molecule has 0 radical (unpaired) electrons. The van der Waals surface area contributed by atoms with Crippen LogP contribution in [0.25, 0.3) is 22.1 Å². The molecule has 2 amide bonds. The number of hydrogen-bond acceptors (Lipinski definition) is 12. The first-order valence-corrected chi connectivity index (χ1v) is 17.0. The van der Waals surface area contributed by atoms with Crippen molar-refractivity contribution in [3.05, 3.63) is 47.5 Å². The number of rotatable bonds is 16. The second-order valence-corrected chi connectivity index (χ2v) is 12.4. The maximum absolute atomic E-state index is 12.1. The maximum atomic E-state index is 12.1. The first kappa shape index (κ1) is 34.9. The third kappa shape index (κ3) is 8.27. The third-order valence-electron chi connectivity index (χ3n) is 8.94. The molecular formula is C34H46N10O6. The molecule has 2 aromatic heterocycles. The number of carbonyl (C=O) groups is 2. The van der Waals surface area contributed by atoms with E-state index in [4.69, 9.17) is 41.9 Å². The van der Waals surface area contributed by atoms with Crippen LogP contribution in [0.3, 0.4) is 0 Å². The predicted molar refractivity (Wildman–Crippen MR) is 189 cm³/mol. The first-order chi connectivity index (χ1) is 24.3. The summed E-state index contributed by atoms with van der Waals surface area (Å²) < 4.78 is 26.9. The Kier molecular flexibility index (Phi) is 11.3. The largest absolute Gasteiger partial charge is 0.491 e. The van der Waals surface area contributed by atoms with E-state index in [1.807, 2.05) is 21.3 Å². The van der Waals surface area contributed by atoms with Crippen LogP contribution < -0.4 is 32.4 Å². The van der Waals surface area contributed by atoms with Gasteiger partial charge in [0.05, 0.1) is 50.7 Å². The van der Waals surface area contributed by atoms with Crippen molar-refractivity contribution >= 4 is 45.8 Å². The highest BCUT2D eigenvalue weighted by Crippen LogP contribution is 2.32. The number of imidazole rings is 2. The number of fused-ring (bicyclic) bond motifs is 2. The number of aromatic nitrogens is 4. The summed E-state index contributed by atoms with van der Waals surface area (Å²) in [5, 5.41) is 0. The molecule has 0 saturated carbocycles. The summed E-state index contributed by atoms with van der Waals surface area (Å²) in [6, 6.07) is 6.52. The van der Waals surface area contributed by atoms with Gasteiger partial charge in [-0.05, 0) is 37.1 Å². The number of benzene rings is 2. The van der Waals surface area contributed by atoms with E-state index in [2.05, 4.69) is 19.8 Å². The van der Waals surface area contributed by atoms with Gasteiger partial charge in [0.25, 0.3) is 0 Å². The van der Waals surface area contributed by atoms with Gasteiger partial charge in [-0.3, -0.25) is 19.4 Å². The van der Waals surface area contributed by atoms with Crippen LogP contribution in [0.4, 0.5) is 11.9 Å². The lowest BCUT2D eigenvalue weighted by Crippen LogP contribution is -2.37. The molecule has 2 fully saturated rings. The van der Waals surface area contributed by atoms with E-state index in [1.165, 1.54) is 0 Å². The van der Waals surface area contributed by atoms with Crippen molar-refractivity contribution < 1.29 is 28.5 Å². The van der Waals surface area contributed by atoms with Crippen molar-refractivity contribution in [2.75, 3.05) is 90.4 Å². The lowest BCUT2D eigenvalue weighted by molar-refractivity contribution is 0.0357. The average molecular weight is 691 g/mol. The van der Waals surface area contributed by atoms with Crippen LogP contribution in [0.5, 0.6) is 11.5 Å². The number of primary amides is 2. The van der Waals surface area contributed by atoms with Gasteiger partial charge in [0.1, 0.15) is 22.5 Å². The number of amides is 2. The predicted octanol–water partition coefficient (Wildman–Crippen LogP) is 1.21. The number of nitrogen functional groups attached to an aromatic ring is 2. The number of allylic oxidation sites excluding steroid dienone is 2. The summed E-state index contributed by atoms with van der Waals surface area (Å²) in [6.07, 6.45) is 5.47. The number of ether oxygens (including phenoxy) is 4. The Bertz CT molecular complexity index is 1710. The Hall–Kier alpha value is -4.90. The Labute approximate surface area is 289 Å². The standard InChI is InChI=1S/C34H46N10O6/c35-31(45)23-19-25-29(27(21-23)49-13-3-5-41-9-15-47-16-10-41)43(33(37)39-25)7-1-2-8-44-30-26(40-34(44)38)20-24(32(36)46)22-28(30)50-14-4-6-42-11-17-48-18-12-42/h1-2,19-22H,3-18H2,(H2,35,45)(H2,36,46)(H2,37,39)(H2,38,40)/b2-1+. The zero-order chi connectivity index (χ0) is 35.0. The minimum Gasteiger partial charge on any atom is -0.491 e. The normalized spacial score (nSPS) is 16.1. The molecule has 0 spiro atoms. The number of anilines is 2. The van der Waals surface area contributed by atoms with E-state index in [0.29, 0.717) is 71.0 Å². The number of nitrogens with zero attached hydrogens (tertiary/aromatic N) is 6. The highest BCUT2D eigenvalue weighted by atomic mass is 16.5. The Morgan fingerprint density at radius 3 is 1.46 bits per heavy atom. The maximum Gasteiger partial charge on any atom is 0.248 e. The van der Waals surface area contributed by atoms with Gasteiger partial charge in [-0.15, -0.1) is 0 Å². The summed E-state index contributed by atoms with van der Waals surface area (Å²) in [7, 11) is 0. The van der Waals surface area contributed by atoms with E-state index in [0.717, 1.165) is 78.5 Å². The summed E-state index contributed by atoms with van der Waals surface area (Å²) in [6.45, 7) is 9.91. The van der Waals surface area contributed by atoms with Crippen molar-refractivity contribution in [2.45, 2.75) is 25.9 Å². The van der Waals surface area contributed by atoms with Crippen LogP contribution in [0, 0.1) is 0 Å². The number of hydrogen-bond donors (Lipinski definition) is 4. The Morgan fingerprint density at radius 2 is 1.08 bits per heavy atom. The highest BCUT2D eigenvalue weighted by molar-refractivity contribution is 5.99. The molecule has 2 aliphatic rings. The van der Waals surface area contributed by atoms with E-state index in [1.54, 1.807) is 24.3 Å². The molecule has 2 aliphatic heterocycles. The van der Waals surface area contributed by atoms with Gasteiger partial charge >= 0.3 is 0 Å². The van der Waals surface area contributed by atoms with Crippen LogP contribution in [0.15, 0.2) is 36.4 Å².